The van der Waals surface area contributed by atoms with Gasteiger partial charge in [-0.25, -0.2) is 19.7 Å². The van der Waals surface area contributed by atoms with Crippen LogP contribution in [0.1, 0.15) is 11.1 Å². The number of thiazole rings is 1. The summed E-state index contributed by atoms with van der Waals surface area (Å²) in [5.41, 5.74) is 4.70. The average Bonchev–Trinajstić information content (AvgIpc) is 3.41. The molecule has 200 valence electrons. The van der Waals surface area contributed by atoms with Gasteiger partial charge in [0.05, 0.1) is 41.0 Å². The van der Waals surface area contributed by atoms with E-state index in [4.69, 9.17) is 40.8 Å². The maximum Gasteiger partial charge on any atom is 0.411 e. The number of halogens is 1. The Morgan fingerprint density at radius 1 is 1.25 bits per heavy atom. The highest BCUT2D eigenvalue weighted by atomic mass is 35.5. The lowest BCUT2D eigenvalue weighted by Crippen LogP contribution is -2.35. The molecule has 0 saturated heterocycles. The minimum absolute atomic E-state index is 0.0514. The number of ether oxygens (including phenoxy) is 4. The number of hydrogen-bond donors (Lipinski definition) is 1. The smallest absolute Gasteiger partial charge is 0.411 e. The number of hydrogen-bond acceptors (Lipinski definition) is 10. The molecule has 0 saturated carbocycles. The Hall–Kier alpha value is -4.66. The van der Waals surface area contributed by atoms with Gasteiger partial charge in [-0.1, -0.05) is 17.7 Å². The number of nitriles is 1. The van der Waals surface area contributed by atoms with Crippen molar-refractivity contribution in [1.82, 2.24) is 15.0 Å². The van der Waals surface area contributed by atoms with E-state index in [1.54, 1.807) is 43.6 Å². The fourth-order valence-electron chi connectivity index (χ4n) is 4.31. The highest BCUT2D eigenvalue weighted by Crippen LogP contribution is 2.47. The molecule has 1 amide bonds. The summed E-state index contributed by atoms with van der Waals surface area (Å²) >= 11 is 8.04. The van der Waals surface area contributed by atoms with Crippen LogP contribution in [0.25, 0.3) is 31.8 Å². The van der Waals surface area contributed by atoms with Crippen molar-refractivity contribution in [1.29, 1.82) is 5.26 Å². The Bertz CT molecular complexity index is 1840. The first-order chi connectivity index (χ1) is 19.4. The van der Waals surface area contributed by atoms with Crippen molar-refractivity contribution in [2.75, 3.05) is 25.6 Å². The van der Waals surface area contributed by atoms with Gasteiger partial charge in [0.15, 0.2) is 17.6 Å². The van der Waals surface area contributed by atoms with Gasteiger partial charge in [0.1, 0.15) is 28.4 Å². The second kappa shape index (κ2) is 10.5. The maximum absolute atomic E-state index is 12.3. The van der Waals surface area contributed by atoms with Crippen molar-refractivity contribution in [3.05, 3.63) is 64.8 Å². The zero-order valence-electron chi connectivity index (χ0n) is 21.2. The minimum atomic E-state index is -0.670. The van der Waals surface area contributed by atoms with Crippen LogP contribution in [0.5, 0.6) is 17.4 Å². The number of amides is 1. The van der Waals surface area contributed by atoms with Crippen LogP contribution in [0.2, 0.25) is 5.02 Å². The molecule has 1 atom stereocenters. The first-order valence-electron chi connectivity index (χ1n) is 12.1. The third-order valence-corrected chi connectivity index (χ3v) is 7.47. The van der Waals surface area contributed by atoms with E-state index < -0.39 is 12.2 Å². The normalized spacial score (nSPS) is 14.1. The quantitative estimate of drug-likeness (QED) is 0.263. The van der Waals surface area contributed by atoms with Crippen molar-refractivity contribution >= 4 is 56.0 Å². The first-order valence-corrected chi connectivity index (χ1v) is 13.3. The number of methoxy groups -OCH3 is 1. The lowest BCUT2D eigenvalue weighted by Gasteiger charge is -2.26. The topological polar surface area (TPSA) is 128 Å². The van der Waals surface area contributed by atoms with Crippen LogP contribution in [0.4, 0.5) is 10.5 Å². The molecule has 0 unspecified atom stereocenters. The van der Waals surface area contributed by atoms with Gasteiger partial charge in [-0.3, -0.25) is 5.32 Å². The minimum Gasteiger partial charge on any atom is -0.484 e. The van der Waals surface area contributed by atoms with Crippen molar-refractivity contribution in [3.63, 3.8) is 0 Å². The Labute approximate surface area is 237 Å². The molecular formula is C28H20ClN5O5S. The van der Waals surface area contributed by atoms with Crippen LogP contribution < -0.4 is 19.5 Å². The third-order valence-electron chi connectivity index (χ3n) is 6.10. The molecule has 0 aliphatic carbocycles. The Balaban J connectivity index is 1.23. The largest absolute Gasteiger partial charge is 0.484 e. The summed E-state index contributed by atoms with van der Waals surface area (Å²) in [6.45, 7) is 2.09. The number of rotatable bonds is 5. The predicted molar refractivity (Wildman–Crippen MR) is 150 cm³/mol. The molecule has 10 nitrogen and oxygen atoms in total. The molecule has 3 aromatic carbocycles. The molecule has 5 aromatic rings. The summed E-state index contributed by atoms with van der Waals surface area (Å²) in [5.74, 6) is 1.40. The van der Waals surface area contributed by atoms with Crippen LogP contribution in [-0.4, -0.2) is 47.5 Å². The van der Waals surface area contributed by atoms with Gasteiger partial charge >= 0.3 is 6.09 Å². The lowest BCUT2D eigenvalue weighted by molar-refractivity contribution is 0.0384. The van der Waals surface area contributed by atoms with Crippen LogP contribution in [0.3, 0.4) is 0 Å². The highest BCUT2D eigenvalue weighted by Gasteiger charge is 2.28. The molecule has 2 aromatic heterocycles. The van der Waals surface area contributed by atoms with E-state index in [9.17, 15) is 4.79 Å². The maximum atomic E-state index is 12.3. The number of nitrogens with one attached hydrogen (secondary N) is 1. The number of aryl methyl sites for hydroxylation is 1. The van der Waals surface area contributed by atoms with Crippen LogP contribution in [0.15, 0.2) is 48.7 Å². The molecular weight excluding hydrogens is 554 g/mol. The molecule has 1 N–H and O–H groups in total. The second-order valence-electron chi connectivity index (χ2n) is 8.94. The molecule has 0 bridgehead atoms. The van der Waals surface area contributed by atoms with Gasteiger partial charge in [0.2, 0.25) is 5.88 Å². The van der Waals surface area contributed by atoms with E-state index in [0.717, 1.165) is 15.8 Å². The van der Waals surface area contributed by atoms with Crippen molar-refractivity contribution in [3.8, 4) is 34.0 Å². The summed E-state index contributed by atoms with van der Waals surface area (Å²) in [5, 5.41) is 12.7. The number of anilines is 1. The van der Waals surface area contributed by atoms with Gasteiger partial charge in [-0.2, -0.15) is 5.26 Å². The number of benzene rings is 3. The third kappa shape index (κ3) is 4.90. The van der Waals surface area contributed by atoms with Crippen molar-refractivity contribution < 1.29 is 23.7 Å². The van der Waals surface area contributed by atoms with E-state index in [-0.39, 0.29) is 13.2 Å². The summed E-state index contributed by atoms with van der Waals surface area (Å²) < 4.78 is 23.4. The standard InChI is InChI=1S/C28H20ClN5O5S/c1-14-6-18(23-20(7-14)33-22(36-2)11-31-23)27-34-24-19(29)9-21-25(26(24)40-27)37-12-17(39-21)13-38-28(35)32-16-5-3-4-15(8-16)10-30/h3-9,11,17H,12-13H2,1-2H3,(H,32,35)/t17-/m1/s1. The molecule has 1 aliphatic rings. The highest BCUT2D eigenvalue weighted by molar-refractivity contribution is 7.22. The Kier molecular flexibility index (Phi) is 6.71. The van der Waals surface area contributed by atoms with Crippen molar-refractivity contribution in [2.24, 2.45) is 0 Å². The van der Waals surface area contributed by atoms with E-state index >= 15 is 0 Å². The molecule has 0 fully saturated rings. The summed E-state index contributed by atoms with van der Waals surface area (Å²) in [6.07, 6.45) is 0.360. The predicted octanol–water partition coefficient (Wildman–Crippen LogP) is 6.14. The van der Waals surface area contributed by atoms with Crippen LogP contribution >= 0.6 is 22.9 Å². The fourth-order valence-corrected chi connectivity index (χ4v) is 5.70. The first kappa shape index (κ1) is 25.6. The van der Waals surface area contributed by atoms with Crippen LogP contribution in [0, 0.1) is 18.3 Å². The SMILES string of the molecule is COc1cnc2c(-c3nc4c(Cl)cc5c(c4s3)OC[C@H](COC(=O)Nc3cccc(C#N)c3)O5)cc(C)cc2n1. The number of aromatic nitrogens is 3. The van der Waals surface area contributed by atoms with Gasteiger partial charge in [0.25, 0.3) is 0 Å². The monoisotopic (exact) mass is 573 g/mol. The molecule has 0 spiro atoms. The van der Waals surface area contributed by atoms with Gasteiger partial charge < -0.3 is 18.9 Å². The summed E-state index contributed by atoms with van der Waals surface area (Å²) in [7, 11) is 1.55. The number of nitrogens with zero attached hydrogens (tertiary/aromatic N) is 4. The zero-order chi connectivity index (χ0) is 27.8. The Morgan fingerprint density at radius 2 is 2.12 bits per heavy atom. The van der Waals surface area contributed by atoms with Crippen LogP contribution in [-0.2, 0) is 4.74 Å². The average molecular weight is 574 g/mol. The van der Waals surface area contributed by atoms with Gasteiger partial charge in [0, 0.05) is 17.3 Å². The Morgan fingerprint density at radius 3 is 2.95 bits per heavy atom. The number of carbonyl (C=O) groups is 1. The summed E-state index contributed by atoms with van der Waals surface area (Å²) in [4.78, 5) is 26.2. The molecule has 3 heterocycles. The molecule has 12 heteroatoms. The van der Waals surface area contributed by atoms with E-state index in [1.807, 2.05) is 25.1 Å². The van der Waals surface area contributed by atoms with Crippen molar-refractivity contribution in [2.45, 2.75) is 13.0 Å². The molecule has 1 aliphatic heterocycles. The molecule has 6 rings (SSSR count). The van der Waals surface area contributed by atoms with Gasteiger partial charge in [-0.15, -0.1) is 11.3 Å². The number of carbonyl (C=O) groups excluding carboxylic acids is 1. The second-order valence-corrected chi connectivity index (χ2v) is 10.3. The van der Waals surface area contributed by atoms with E-state index in [1.165, 1.54) is 11.3 Å². The lowest BCUT2D eigenvalue weighted by atomic mass is 10.1. The van der Waals surface area contributed by atoms with E-state index in [0.29, 0.717) is 55.2 Å². The van der Waals surface area contributed by atoms with Gasteiger partial charge in [-0.05, 0) is 42.8 Å². The molecule has 40 heavy (non-hydrogen) atoms. The fraction of sp³-hybridized carbons (Fsp3) is 0.179. The summed E-state index contributed by atoms with van der Waals surface area (Å²) in [6, 6.07) is 14.2. The number of fused-ring (bicyclic) bond motifs is 4. The molecule has 0 radical (unpaired) electrons. The van der Waals surface area contributed by atoms with E-state index in [2.05, 4.69) is 15.3 Å². The zero-order valence-corrected chi connectivity index (χ0v) is 22.8.